The Morgan fingerprint density at radius 2 is 1.83 bits per heavy atom. The van der Waals surface area contributed by atoms with Crippen molar-refractivity contribution in [2.45, 2.75) is 0 Å². The van der Waals surface area contributed by atoms with Crippen molar-refractivity contribution in [3.8, 4) is 0 Å². The fraction of sp³-hybridized carbons (Fsp3) is 0.211. The zero-order valence-corrected chi connectivity index (χ0v) is 12.9. The topological polar surface area (TPSA) is 42.7 Å². The molecule has 1 aromatic carbocycles. The third-order valence-corrected chi connectivity index (χ3v) is 3.69. The quantitative estimate of drug-likeness (QED) is 0.481. The largest absolute Gasteiger partial charge is 0.465 e. The van der Waals surface area contributed by atoms with Gasteiger partial charge in [-0.2, -0.15) is 0 Å². The van der Waals surface area contributed by atoms with Gasteiger partial charge in [-0.3, -0.25) is 4.79 Å². The molecule has 0 amide bonds. The predicted molar refractivity (Wildman–Crippen MR) is 90.7 cm³/mol. The van der Waals surface area contributed by atoms with E-state index in [1.54, 1.807) is 24.5 Å². The van der Waals surface area contributed by atoms with E-state index < -0.39 is 0 Å². The molecule has 4 nitrogen and oxygen atoms in total. The number of nitrogens with zero attached hydrogens (tertiary/aromatic N) is 1. The van der Waals surface area contributed by atoms with E-state index in [0.717, 1.165) is 37.8 Å². The molecular weight excluding hydrogens is 290 g/mol. The molecule has 0 bridgehead atoms. The molecule has 0 aliphatic carbocycles. The van der Waals surface area contributed by atoms with Crippen LogP contribution in [-0.4, -0.2) is 32.1 Å². The molecule has 0 radical (unpaired) electrons. The van der Waals surface area contributed by atoms with E-state index in [1.807, 2.05) is 42.5 Å². The van der Waals surface area contributed by atoms with Crippen molar-refractivity contribution < 1.29 is 13.9 Å². The molecule has 1 aromatic heterocycles. The van der Waals surface area contributed by atoms with E-state index in [4.69, 9.17) is 9.15 Å². The summed E-state index contributed by atoms with van der Waals surface area (Å²) in [6.45, 7) is 3.30. The van der Waals surface area contributed by atoms with Gasteiger partial charge in [0.15, 0.2) is 5.78 Å². The van der Waals surface area contributed by atoms with Gasteiger partial charge in [0.05, 0.1) is 19.5 Å². The molecule has 1 aliphatic rings. The van der Waals surface area contributed by atoms with Gasteiger partial charge in [0.25, 0.3) is 0 Å². The zero-order chi connectivity index (χ0) is 15.9. The van der Waals surface area contributed by atoms with Gasteiger partial charge in [-0.1, -0.05) is 12.2 Å². The molecule has 0 N–H and O–H groups in total. The van der Waals surface area contributed by atoms with Gasteiger partial charge in [0.1, 0.15) is 5.76 Å². The summed E-state index contributed by atoms with van der Waals surface area (Å²) in [6, 6.07) is 11.4. The van der Waals surface area contributed by atoms with Crippen LogP contribution in [0.4, 0.5) is 5.69 Å². The first-order valence-corrected chi connectivity index (χ1v) is 7.68. The van der Waals surface area contributed by atoms with Crippen LogP contribution in [-0.2, 0) is 4.74 Å². The highest BCUT2D eigenvalue weighted by Gasteiger charge is 2.11. The molecule has 1 aliphatic heterocycles. The van der Waals surface area contributed by atoms with Crippen LogP contribution in [0, 0.1) is 0 Å². The lowest BCUT2D eigenvalue weighted by molar-refractivity contribution is 0.104. The number of carbonyl (C=O) groups excluding carboxylic acids is 1. The van der Waals surface area contributed by atoms with Gasteiger partial charge in [0.2, 0.25) is 0 Å². The van der Waals surface area contributed by atoms with Crippen LogP contribution in [0.15, 0.2) is 65.3 Å². The molecule has 0 unspecified atom stereocenters. The number of benzene rings is 1. The maximum atomic E-state index is 12.1. The lowest BCUT2D eigenvalue weighted by atomic mass is 10.1. The summed E-state index contributed by atoms with van der Waals surface area (Å²) in [6.07, 6.45) is 8.50. The maximum absolute atomic E-state index is 12.1. The van der Waals surface area contributed by atoms with Gasteiger partial charge in [-0.25, -0.2) is 0 Å². The number of anilines is 1. The fourth-order valence-corrected chi connectivity index (χ4v) is 2.43. The van der Waals surface area contributed by atoms with Crippen molar-refractivity contribution in [1.29, 1.82) is 0 Å². The summed E-state index contributed by atoms with van der Waals surface area (Å²) >= 11 is 0. The smallest absolute Gasteiger partial charge is 0.185 e. The van der Waals surface area contributed by atoms with Gasteiger partial charge in [-0.05, 0) is 48.6 Å². The Labute approximate surface area is 135 Å². The zero-order valence-electron chi connectivity index (χ0n) is 12.9. The van der Waals surface area contributed by atoms with Crippen molar-refractivity contribution in [2.24, 2.45) is 0 Å². The van der Waals surface area contributed by atoms with E-state index in [9.17, 15) is 4.79 Å². The Morgan fingerprint density at radius 1 is 1.04 bits per heavy atom. The average Bonchev–Trinajstić information content (AvgIpc) is 3.13. The summed E-state index contributed by atoms with van der Waals surface area (Å²) in [7, 11) is 0. The Balaban J connectivity index is 1.58. The molecule has 118 valence electrons. The Hall–Kier alpha value is -2.59. The summed E-state index contributed by atoms with van der Waals surface area (Å²) in [5.74, 6) is 0.750. The summed E-state index contributed by atoms with van der Waals surface area (Å²) in [5, 5.41) is 0. The Morgan fingerprint density at radius 3 is 2.52 bits per heavy atom. The van der Waals surface area contributed by atoms with Crippen LogP contribution in [0.3, 0.4) is 0 Å². The lowest BCUT2D eigenvalue weighted by Gasteiger charge is -2.28. The number of ether oxygens (including phenoxy) is 1. The second-order valence-electron chi connectivity index (χ2n) is 5.24. The first-order chi connectivity index (χ1) is 11.3. The number of hydrogen-bond donors (Lipinski definition) is 0. The molecule has 1 saturated heterocycles. The highest BCUT2D eigenvalue weighted by molar-refractivity contribution is 6.04. The molecule has 0 saturated carbocycles. The van der Waals surface area contributed by atoms with Gasteiger partial charge >= 0.3 is 0 Å². The van der Waals surface area contributed by atoms with Gasteiger partial charge in [-0.15, -0.1) is 0 Å². The molecule has 0 atom stereocenters. The monoisotopic (exact) mass is 309 g/mol. The maximum Gasteiger partial charge on any atom is 0.185 e. The molecule has 23 heavy (non-hydrogen) atoms. The SMILES string of the molecule is O=C(/C=C/C=C\c1ccco1)c1ccc(N2CCOCC2)cc1. The highest BCUT2D eigenvalue weighted by Crippen LogP contribution is 2.17. The average molecular weight is 309 g/mol. The minimum absolute atomic E-state index is 0.0115. The van der Waals surface area contributed by atoms with Crippen LogP contribution < -0.4 is 4.90 Å². The van der Waals surface area contributed by atoms with E-state index in [0.29, 0.717) is 5.56 Å². The first-order valence-electron chi connectivity index (χ1n) is 7.68. The Kier molecular flexibility index (Phi) is 5.06. The van der Waals surface area contributed by atoms with Crippen LogP contribution in [0.2, 0.25) is 0 Å². The van der Waals surface area contributed by atoms with Crippen LogP contribution >= 0.6 is 0 Å². The summed E-state index contributed by atoms with van der Waals surface area (Å²) < 4.78 is 10.5. The van der Waals surface area contributed by atoms with Gasteiger partial charge in [0, 0.05) is 24.3 Å². The number of morpholine rings is 1. The highest BCUT2D eigenvalue weighted by atomic mass is 16.5. The van der Waals surface area contributed by atoms with Crippen molar-refractivity contribution in [3.63, 3.8) is 0 Å². The van der Waals surface area contributed by atoms with Crippen LogP contribution in [0.25, 0.3) is 6.08 Å². The van der Waals surface area contributed by atoms with Crippen molar-refractivity contribution >= 4 is 17.5 Å². The van der Waals surface area contributed by atoms with Crippen LogP contribution in [0.5, 0.6) is 0 Å². The number of hydrogen-bond acceptors (Lipinski definition) is 4. The fourth-order valence-electron chi connectivity index (χ4n) is 2.43. The second kappa shape index (κ2) is 7.61. The third-order valence-electron chi connectivity index (χ3n) is 3.69. The number of carbonyl (C=O) groups is 1. The van der Waals surface area contributed by atoms with E-state index in [2.05, 4.69) is 4.90 Å². The normalized spacial score (nSPS) is 15.6. The van der Waals surface area contributed by atoms with E-state index >= 15 is 0 Å². The lowest BCUT2D eigenvalue weighted by Crippen LogP contribution is -2.36. The van der Waals surface area contributed by atoms with E-state index in [1.165, 1.54) is 0 Å². The molecule has 2 aromatic rings. The molecular formula is C19H19NO3. The van der Waals surface area contributed by atoms with Gasteiger partial charge < -0.3 is 14.1 Å². The minimum atomic E-state index is -0.0115. The number of allylic oxidation sites excluding steroid dienone is 3. The third kappa shape index (κ3) is 4.20. The van der Waals surface area contributed by atoms with Crippen LogP contribution in [0.1, 0.15) is 16.1 Å². The van der Waals surface area contributed by atoms with Crippen molar-refractivity contribution in [2.75, 3.05) is 31.2 Å². The Bertz CT molecular complexity index is 678. The number of ketones is 1. The van der Waals surface area contributed by atoms with Crippen molar-refractivity contribution in [1.82, 2.24) is 0 Å². The molecule has 2 heterocycles. The number of furan rings is 1. The predicted octanol–water partition coefficient (Wildman–Crippen LogP) is 3.57. The summed E-state index contributed by atoms with van der Waals surface area (Å²) in [5.41, 5.74) is 1.82. The minimum Gasteiger partial charge on any atom is -0.465 e. The van der Waals surface area contributed by atoms with E-state index in [-0.39, 0.29) is 5.78 Å². The second-order valence-corrected chi connectivity index (χ2v) is 5.24. The van der Waals surface area contributed by atoms with Crippen molar-refractivity contribution in [3.05, 3.63) is 72.2 Å². The molecule has 1 fully saturated rings. The molecule has 0 spiro atoms. The molecule has 4 heteroatoms. The standard InChI is InChI=1S/C19H19NO3/c21-19(6-2-1-4-18-5-3-13-23-18)16-7-9-17(10-8-16)20-11-14-22-15-12-20/h1-10,13H,11-12,14-15H2/b4-1-,6-2+. The summed E-state index contributed by atoms with van der Waals surface area (Å²) in [4.78, 5) is 14.4. The molecule has 3 rings (SSSR count). The first kappa shape index (κ1) is 15.3. The number of rotatable bonds is 5.